The van der Waals surface area contributed by atoms with Crippen LogP contribution in [0.1, 0.15) is 33.3 Å². The number of amides is 1. The average molecular weight is 290 g/mol. The summed E-state index contributed by atoms with van der Waals surface area (Å²) >= 11 is 1.23. The topological polar surface area (TPSA) is 68.3 Å². The van der Waals surface area contributed by atoms with E-state index in [1.807, 2.05) is 6.07 Å². The van der Waals surface area contributed by atoms with E-state index < -0.39 is 0 Å². The minimum Gasteiger partial charge on any atom is -0.380 e. The Morgan fingerprint density at radius 2 is 2.20 bits per heavy atom. The molecular weight excluding hydrogens is 276 g/mol. The number of rotatable bonds is 5. The number of carbonyl (C=O) groups excluding carboxylic acids is 2. The number of anilines is 1. The van der Waals surface area contributed by atoms with Gasteiger partial charge >= 0.3 is 0 Å². The lowest BCUT2D eigenvalue weighted by Crippen LogP contribution is -2.12. The van der Waals surface area contributed by atoms with Gasteiger partial charge in [0, 0.05) is 25.0 Å². The van der Waals surface area contributed by atoms with Crippen LogP contribution in [0.2, 0.25) is 0 Å². The summed E-state index contributed by atoms with van der Waals surface area (Å²) in [7, 11) is 1.60. The standard InChI is InChI=1S/C14H14N2O3S/c1-9(17)12-8-20-14(15-12)16-13(18)11-5-3-4-10(6-11)7-19-2/h3-6,8H,7H2,1-2H3,(H,15,16,18). The van der Waals surface area contributed by atoms with Crippen molar-refractivity contribution < 1.29 is 14.3 Å². The van der Waals surface area contributed by atoms with Crippen molar-refractivity contribution in [3.05, 3.63) is 46.5 Å². The third-order valence-corrected chi connectivity index (χ3v) is 3.34. The predicted molar refractivity (Wildman–Crippen MR) is 77.2 cm³/mol. The number of hydrogen-bond donors (Lipinski definition) is 1. The number of nitrogens with zero attached hydrogens (tertiary/aromatic N) is 1. The van der Waals surface area contributed by atoms with Crippen LogP contribution in [0, 0.1) is 0 Å². The third-order valence-electron chi connectivity index (χ3n) is 2.59. The second-order valence-electron chi connectivity index (χ2n) is 4.18. The first kappa shape index (κ1) is 14.4. The molecule has 0 radical (unpaired) electrons. The molecule has 0 bridgehead atoms. The lowest BCUT2D eigenvalue weighted by Gasteiger charge is -2.04. The zero-order valence-electron chi connectivity index (χ0n) is 11.2. The molecule has 0 saturated carbocycles. The number of carbonyl (C=O) groups is 2. The molecule has 20 heavy (non-hydrogen) atoms. The number of Topliss-reactive ketones (excluding diaryl/α,β-unsaturated/α-hetero) is 1. The fourth-order valence-electron chi connectivity index (χ4n) is 1.63. The van der Waals surface area contributed by atoms with E-state index in [1.165, 1.54) is 18.3 Å². The van der Waals surface area contributed by atoms with Gasteiger partial charge in [0.25, 0.3) is 5.91 Å². The van der Waals surface area contributed by atoms with Crippen molar-refractivity contribution in [3.63, 3.8) is 0 Å². The van der Waals surface area contributed by atoms with Crippen molar-refractivity contribution in [2.24, 2.45) is 0 Å². The Labute approximate surface area is 120 Å². The van der Waals surface area contributed by atoms with Crippen LogP contribution in [0.4, 0.5) is 5.13 Å². The van der Waals surface area contributed by atoms with E-state index in [0.717, 1.165) is 5.56 Å². The lowest BCUT2D eigenvalue weighted by atomic mass is 10.1. The van der Waals surface area contributed by atoms with Crippen LogP contribution in [0.5, 0.6) is 0 Å². The molecule has 1 heterocycles. The van der Waals surface area contributed by atoms with Gasteiger partial charge in [0.15, 0.2) is 10.9 Å². The van der Waals surface area contributed by atoms with Crippen molar-refractivity contribution in [1.82, 2.24) is 4.98 Å². The quantitative estimate of drug-likeness (QED) is 0.860. The summed E-state index contributed by atoms with van der Waals surface area (Å²) in [6, 6.07) is 7.16. The Morgan fingerprint density at radius 3 is 2.85 bits per heavy atom. The van der Waals surface area contributed by atoms with E-state index in [2.05, 4.69) is 10.3 Å². The van der Waals surface area contributed by atoms with Crippen molar-refractivity contribution in [3.8, 4) is 0 Å². The first-order valence-corrected chi connectivity index (χ1v) is 6.84. The molecule has 1 N–H and O–H groups in total. The summed E-state index contributed by atoms with van der Waals surface area (Å²) in [6.07, 6.45) is 0. The number of thiazole rings is 1. The Bertz CT molecular complexity index is 637. The highest BCUT2D eigenvalue weighted by atomic mass is 32.1. The van der Waals surface area contributed by atoms with Crippen LogP contribution >= 0.6 is 11.3 Å². The van der Waals surface area contributed by atoms with Gasteiger partial charge in [-0.1, -0.05) is 12.1 Å². The van der Waals surface area contributed by atoms with Gasteiger partial charge in [-0.2, -0.15) is 0 Å². The largest absolute Gasteiger partial charge is 0.380 e. The molecule has 0 fully saturated rings. The van der Waals surface area contributed by atoms with Gasteiger partial charge in [-0.05, 0) is 17.7 Å². The number of hydrogen-bond acceptors (Lipinski definition) is 5. The number of methoxy groups -OCH3 is 1. The number of nitrogens with one attached hydrogen (secondary N) is 1. The highest BCUT2D eigenvalue weighted by Gasteiger charge is 2.11. The second kappa shape index (κ2) is 6.40. The van der Waals surface area contributed by atoms with Gasteiger partial charge in [0.05, 0.1) is 6.61 Å². The summed E-state index contributed by atoms with van der Waals surface area (Å²) in [5, 5.41) is 4.72. The Kier molecular flexibility index (Phi) is 4.60. The molecule has 1 aromatic carbocycles. The minimum absolute atomic E-state index is 0.121. The molecule has 0 aliphatic heterocycles. The molecule has 2 aromatic rings. The SMILES string of the molecule is COCc1cccc(C(=O)Nc2nc(C(C)=O)cs2)c1. The predicted octanol–water partition coefficient (Wildman–Crippen LogP) is 2.74. The van der Waals surface area contributed by atoms with Crippen LogP contribution in [-0.2, 0) is 11.3 Å². The van der Waals surface area contributed by atoms with Crippen LogP contribution in [0.3, 0.4) is 0 Å². The second-order valence-corrected chi connectivity index (χ2v) is 5.04. The molecular formula is C14H14N2O3S. The van der Waals surface area contributed by atoms with E-state index in [9.17, 15) is 9.59 Å². The number of ketones is 1. The number of ether oxygens (including phenoxy) is 1. The summed E-state index contributed by atoms with van der Waals surface area (Å²) < 4.78 is 5.03. The molecule has 0 atom stereocenters. The molecule has 0 aliphatic rings. The summed E-state index contributed by atoms with van der Waals surface area (Å²) in [5.74, 6) is -0.378. The summed E-state index contributed by atoms with van der Waals surface area (Å²) in [5.41, 5.74) is 1.81. The van der Waals surface area contributed by atoms with Gasteiger partial charge < -0.3 is 4.74 Å². The maximum absolute atomic E-state index is 12.1. The first-order valence-electron chi connectivity index (χ1n) is 5.96. The Balaban J connectivity index is 2.10. The zero-order chi connectivity index (χ0) is 14.5. The van der Waals surface area contributed by atoms with Gasteiger partial charge in [0.1, 0.15) is 5.69 Å². The van der Waals surface area contributed by atoms with Crippen molar-refractivity contribution in [2.45, 2.75) is 13.5 Å². The van der Waals surface area contributed by atoms with Gasteiger partial charge in [-0.3, -0.25) is 14.9 Å². The molecule has 1 amide bonds. The fraction of sp³-hybridized carbons (Fsp3) is 0.214. The van der Waals surface area contributed by atoms with E-state index in [4.69, 9.17) is 4.74 Å². The molecule has 1 aromatic heterocycles. The minimum atomic E-state index is -0.257. The first-order chi connectivity index (χ1) is 9.60. The van der Waals surface area contributed by atoms with Crippen LogP contribution < -0.4 is 5.32 Å². The molecule has 5 nitrogen and oxygen atoms in total. The van der Waals surface area contributed by atoms with Gasteiger partial charge in [-0.15, -0.1) is 11.3 Å². The van der Waals surface area contributed by atoms with Crippen molar-refractivity contribution in [1.29, 1.82) is 0 Å². The number of benzene rings is 1. The molecule has 0 saturated heterocycles. The van der Waals surface area contributed by atoms with E-state index in [-0.39, 0.29) is 11.7 Å². The highest BCUT2D eigenvalue weighted by molar-refractivity contribution is 7.14. The fourth-order valence-corrected chi connectivity index (χ4v) is 2.38. The molecule has 6 heteroatoms. The van der Waals surface area contributed by atoms with Crippen LogP contribution in [0.15, 0.2) is 29.6 Å². The molecule has 2 rings (SSSR count). The highest BCUT2D eigenvalue weighted by Crippen LogP contribution is 2.17. The lowest BCUT2D eigenvalue weighted by molar-refractivity contribution is 0.100. The summed E-state index contributed by atoms with van der Waals surface area (Å²) in [4.78, 5) is 27.3. The third kappa shape index (κ3) is 3.49. The zero-order valence-corrected chi connectivity index (χ0v) is 12.0. The van der Waals surface area contributed by atoms with Crippen molar-refractivity contribution in [2.75, 3.05) is 12.4 Å². The Hall–Kier alpha value is -2.05. The van der Waals surface area contributed by atoms with Crippen LogP contribution in [0.25, 0.3) is 0 Å². The van der Waals surface area contributed by atoms with E-state index in [0.29, 0.717) is 23.0 Å². The van der Waals surface area contributed by atoms with Crippen LogP contribution in [-0.4, -0.2) is 23.8 Å². The monoisotopic (exact) mass is 290 g/mol. The Morgan fingerprint density at radius 1 is 1.40 bits per heavy atom. The molecule has 0 unspecified atom stereocenters. The average Bonchev–Trinajstić information content (AvgIpc) is 2.88. The number of aromatic nitrogens is 1. The van der Waals surface area contributed by atoms with Gasteiger partial charge in [-0.25, -0.2) is 4.98 Å². The molecule has 104 valence electrons. The smallest absolute Gasteiger partial charge is 0.257 e. The molecule has 0 aliphatic carbocycles. The normalized spacial score (nSPS) is 10.3. The summed E-state index contributed by atoms with van der Waals surface area (Å²) in [6.45, 7) is 1.89. The van der Waals surface area contributed by atoms with E-state index >= 15 is 0 Å². The van der Waals surface area contributed by atoms with Gasteiger partial charge in [0.2, 0.25) is 0 Å². The maximum Gasteiger partial charge on any atom is 0.257 e. The van der Waals surface area contributed by atoms with Crippen molar-refractivity contribution >= 4 is 28.2 Å². The maximum atomic E-state index is 12.1. The molecule has 0 spiro atoms. The van der Waals surface area contributed by atoms with E-state index in [1.54, 1.807) is 30.7 Å².